The van der Waals surface area contributed by atoms with Crippen LogP contribution >= 0.6 is 0 Å². The third kappa shape index (κ3) is 7.97. The third-order valence-corrected chi connectivity index (χ3v) is 5.31. The van der Waals surface area contributed by atoms with Crippen molar-refractivity contribution in [3.63, 3.8) is 0 Å². The van der Waals surface area contributed by atoms with Crippen molar-refractivity contribution < 1.29 is 19.2 Å². The van der Waals surface area contributed by atoms with Crippen molar-refractivity contribution in [2.24, 2.45) is 11.8 Å². The summed E-state index contributed by atoms with van der Waals surface area (Å²) >= 11 is 0. The average Bonchev–Trinajstić information content (AvgIpc) is 2.73. The Hall–Kier alpha value is -2.70. The molecule has 0 radical (unpaired) electrons. The zero-order chi connectivity index (χ0) is 21.9. The molecule has 2 rings (SSSR count). The van der Waals surface area contributed by atoms with Gasteiger partial charge in [0.15, 0.2) is 0 Å². The summed E-state index contributed by atoms with van der Waals surface area (Å²) in [5.74, 6) is -0.579. The van der Waals surface area contributed by atoms with Crippen LogP contribution in [-0.4, -0.2) is 42.6 Å². The molecule has 0 saturated carbocycles. The highest BCUT2D eigenvalue weighted by atomic mass is 16.2. The summed E-state index contributed by atoms with van der Waals surface area (Å²) in [5, 5.41) is 8.33. The highest BCUT2D eigenvalue weighted by Crippen LogP contribution is 2.17. The predicted octanol–water partition coefficient (Wildman–Crippen LogP) is 1.75. The van der Waals surface area contributed by atoms with Crippen molar-refractivity contribution in [3.05, 3.63) is 35.9 Å². The highest BCUT2D eigenvalue weighted by molar-refractivity contribution is 5.89. The van der Waals surface area contributed by atoms with Crippen molar-refractivity contribution in [1.82, 2.24) is 16.0 Å². The summed E-state index contributed by atoms with van der Waals surface area (Å²) in [6.07, 6.45) is 3.90. The van der Waals surface area contributed by atoms with E-state index in [1.54, 1.807) is 0 Å². The zero-order valence-electron chi connectivity index (χ0n) is 17.9. The average molecular weight is 416 g/mol. The zero-order valence-corrected chi connectivity index (χ0v) is 17.9. The Labute approximate surface area is 178 Å². The van der Waals surface area contributed by atoms with Gasteiger partial charge < -0.3 is 20.7 Å². The number of aldehydes is 1. The molecule has 0 aromatic heterocycles. The van der Waals surface area contributed by atoms with E-state index in [9.17, 15) is 19.2 Å². The summed E-state index contributed by atoms with van der Waals surface area (Å²) in [7, 11) is 0. The van der Waals surface area contributed by atoms with Gasteiger partial charge in [0.05, 0.1) is 6.04 Å². The van der Waals surface area contributed by atoms with E-state index in [4.69, 9.17) is 0 Å². The number of carbonyl (C=O) groups is 4. The second kappa shape index (κ2) is 12.1. The van der Waals surface area contributed by atoms with Crippen LogP contribution in [0.1, 0.15) is 51.5 Å². The molecule has 1 heterocycles. The number of piperidine rings is 1. The van der Waals surface area contributed by atoms with E-state index in [-0.39, 0.29) is 24.2 Å². The summed E-state index contributed by atoms with van der Waals surface area (Å²) in [6, 6.07) is 7.87. The first-order valence-electron chi connectivity index (χ1n) is 10.8. The molecule has 3 atom stereocenters. The second-order valence-electron chi connectivity index (χ2n) is 8.36. The van der Waals surface area contributed by atoms with Crippen LogP contribution in [0.3, 0.4) is 0 Å². The molecule has 1 aromatic carbocycles. The molecule has 0 unspecified atom stereocenters. The third-order valence-electron chi connectivity index (χ3n) is 5.31. The molecule has 1 aromatic rings. The molecule has 1 aliphatic rings. The molecule has 0 bridgehead atoms. The number of rotatable bonds is 11. The topological polar surface area (TPSA) is 104 Å². The molecule has 7 nitrogen and oxygen atoms in total. The van der Waals surface area contributed by atoms with Crippen LogP contribution in [0, 0.1) is 11.8 Å². The molecule has 1 aliphatic heterocycles. The van der Waals surface area contributed by atoms with Crippen LogP contribution in [0.4, 0.5) is 0 Å². The fourth-order valence-corrected chi connectivity index (χ4v) is 3.54. The molecular weight excluding hydrogens is 382 g/mol. The number of carbonyl (C=O) groups excluding carboxylic acids is 4. The number of hydrogen-bond acceptors (Lipinski definition) is 4. The maximum atomic E-state index is 12.9. The van der Waals surface area contributed by atoms with E-state index >= 15 is 0 Å². The Morgan fingerprint density at radius 3 is 2.57 bits per heavy atom. The molecule has 1 fully saturated rings. The largest absolute Gasteiger partial charge is 0.356 e. The molecule has 1 saturated heterocycles. The van der Waals surface area contributed by atoms with Gasteiger partial charge in [-0.3, -0.25) is 14.4 Å². The SMILES string of the molecule is CC(C)CCC(=O)N[C@@H](Cc1ccccc1)C(=O)N[C@@H](C=O)C[C@@H]1CCCNC1=O. The summed E-state index contributed by atoms with van der Waals surface area (Å²) in [5.41, 5.74) is 0.913. The Balaban J connectivity index is 2.02. The van der Waals surface area contributed by atoms with Gasteiger partial charge in [0.1, 0.15) is 12.3 Å². The lowest BCUT2D eigenvalue weighted by atomic mass is 9.92. The van der Waals surface area contributed by atoms with Crippen molar-refractivity contribution in [2.45, 2.75) is 64.5 Å². The van der Waals surface area contributed by atoms with Gasteiger partial charge in [0.25, 0.3) is 0 Å². The molecular formula is C23H33N3O4. The van der Waals surface area contributed by atoms with Gasteiger partial charge in [0, 0.05) is 25.3 Å². The first-order valence-corrected chi connectivity index (χ1v) is 10.8. The maximum Gasteiger partial charge on any atom is 0.243 e. The van der Waals surface area contributed by atoms with Crippen molar-refractivity contribution in [1.29, 1.82) is 0 Å². The van der Waals surface area contributed by atoms with Gasteiger partial charge in [-0.2, -0.15) is 0 Å². The van der Waals surface area contributed by atoms with Gasteiger partial charge in [-0.15, -0.1) is 0 Å². The smallest absolute Gasteiger partial charge is 0.243 e. The first-order chi connectivity index (χ1) is 14.4. The van der Waals surface area contributed by atoms with Crippen LogP contribution < -0.4 is 16.0 Å². The van der Waals surface area contributed by atoms with Crippen molar-refractivity contribution >= 4 is 24.0 Å². The molecule has 30 heavy (non-hydrogen) atoms. The van der Waals surface area contributed by atoms with Crippen LogP contribution in [0.25, 0.3) is 0 Å². The first kappa shape index (κ1) is 23.6. The minimum absolute atomic E-state index is 0.0785. The Morgan fingerprint density at radius 2 is 1.93 bits per heavy atom. The van der Waals surface area contributed by atoms with E-state index in [1.165, 1.54) is 0 Å². The van der Waals surface area contributed by atoms with E-state index in [1.807, 2.05) is 44.2 Å². The van der Waals surface area contributed by atoms with E-state index < -0.39 is 18.0 Å². The van der Waals surface area contributed by atoms with Crippen molar-refractivity contribution in [3.8, 4) is 0 Å². The Morgan fingerprint density at radius 1 is 1.20 bits per heavy atom. The monoisotopic (exact) mass is 415 g/mol. The fourth-order valence-electron chi connectivity index (χ4n) is 3.54. The minimum atomic E-state index is -0.783. The summed E-state index contributed by atoms with van der Waals surface area (Å²) in [4.78, 5) is 48.8. The molecule has 7 heteroatoms. The number of benzene rings is 1. The van der Waals surface area contributed by atoms with E-state index in [2.05, 4.69) is 16.0 Å². The second-order valence-corrected chi connectivity index (χ2v) is 8.36. The quantitative estimate of drug-likeness (QED) is 0.479. The lowest BCUT2D eigenvalue weighted by molar-refractivity contribution is -0.131. The number of nitrogens with one attached hydrogen (secondary N) is 3. The lowest BCUT2D eigenvalue weighted by Crippen LogP contribution is -2.52. The van der Waals surface area contributed by atoms with Crippen LogP contribution in [0.2, 0.25) is 0 Å². The molecule has 0 aliphatic carbocycles. The lowest BCUT2D eigenvalue weighted by Gasteiger charge is -2.26. The van der Waals surface area contributed by atoms with Gasteiger partial charge >= 0.3 is 0 Å². The number of amides is 3. The van der Waals surface area contributed by atoms with E-state index in [0.29, 0.717) is 38.0 Å². The van der Waals surface area contributed by atoms with Gasteiger partial charge in [0.2, 0.25) is 17.7 Å². The van der Waals surface area contributed by atoms with Crippen LogP contribution in [0.15, 0.2) is 30.3 Å². The normalized spacial score (nSPS) is 18.2. The predicted molar refractivity (Wildman–Crippen MR) is 114 cm³/mol. The highest BCUT2D eigenvalue weighted by Gasteiger charge is 2.28. The van der Waals surface area contributed by atoms with E-state index in [0.717, 1.165) is 18.4 Å². The van der Waals surface area contributed by atoms with Crippen molar-refractivity contribution in [2.75, 3.05) is 6.54 Å². The number of hydrogen-bond donors (Lipinski definition) is 3. The summed E-state index contributed by atoms with van der Waals surface area (Å²) in [6.45, 7) is 4.73. The summed E-state index contributed by atoms with van der Waals surface area (Å²) < 4.78 is 0. The fraction of sp³-hybridized carbons (Fsp3) is 0.565. The van der Waals surface area contributed by atoms with Crippen LogP contribution in [0.5, 0.6) is 0 Å². The Kier molecular flexibility index (Phi) is 9.51. The molecule has 164 valence electrons. The van der Waals surface area contributed by atoms with Gasteiger partial charge in [-0.05, 0) is 37.2 Å². The molecule has 0 spiro atoms. The maximum absolute atomic E-state index is 12.9. The minimum Gasteiger partial charge on any atom is -0.356 e. The standard InChI is InChI=1S/C23H33N3O4/c1-16(2)10-11-21(28)26-20(13-17-7-4-3-5-8-17)23(30)25-19(15-27)14-18-9-6-12-24-22(18)29/h3-5,7-8,15-16,18-20H,6,9-14H2,1-2H3,(H,24,29)(H,25,30)(H,26,28)/t18-,19+,20-/m0/s1. The Bertz CT molecular complexity index is 720. The van der Waals surface area contributed by atoms with Crippen LogP contribution in [-0.2, 0) is 25.6 Å². The molecule has 3 N–H and O–H groups in total. The van der Waals surface area contributed by atoms with Gasteiger partial charge in [-0.25, -0.2) is 0 Å². The van der Waals surface area contributed by atoms with Gasteiger partial charge in [-0.1, -0.05) is 44.2 Å². The molecule has 3 amide bonds.